The van der Waals surface area contributed by atoms with Crippen LogP contribution >= 0.6 is 0 Å². The Labute approximate surface area is 93.8 Å². The molecule has 1 heterocycles. The first-order valence-electron chi connectivity index (χ1n) is 5.17. The second-order valence-electron chi connectivity index (χ2n) is 3.84. The summed E-state index contributed by atoms with van der Waals surface area (Å²) in [5.74, 6) is -1.73. The van der Waals surface area contributed by atoms with Crippen LogP contribution in [0.5, 0.6) is 0 Å². The average molecular weight is 222 g/mol. The summed E-state index contributed by atoms with van der Waals surface area (Å²) in [6.45, 7) is 1.44. The van der Waals surface area contributed by atoms with E-state index < -0.39 is 11.8 Å². The minimum atomic E-state index is -1.19. The van der Waals surface area contributed by atoms with Crippen LogP contribution in [0.15, 0.2) is 30.3 Å². The van der Waals surface area contributed by atoms with Crippen molar-refractivity contribution in [3.63, 3.8) is 0 Å². The highest BCUT2D eigenvalue weighted by atomic mass is 16.7. The van der Waals surface area contributed by atoms with E-state index in [-0.39, 0.29) is 12.5 Å². The maximum Gasteiger partial charge on any atom is 0.305 e. The Hall–Kier alpha value is -1.39. The quantitative estimate of drug-likeness (QED) is 0.777. The summed E-state index contributed by atoms with van der Waals surface area (Å²) in [6.07, 6.45) is 0. The largest absolute Gasteiger partial charge is 0.430 e. The molecule has 1 aromatic rings. The third-order valence-corrected chi connectivity index (χ3v) is 2.76. The number of rotatable bonds is 3. The molecule has 1 aliphatic rings. The van der Waals surface area contributed by atoms with Gasteiger partial charge in [0.2, 0.25) is 5.79 Å². The van der Waals surface area contributed by atoms with Crippen molar-refractivity contribution in [2.24, 2.45) is 0 Å². The normalized spacial score (nSPS) is 28.2. The molecule has 2 atom stereocenters. The van der Waals surface area contributed by atoms with Crippen LogP contribution in [0.4, 0.5) is 0 Å². The predicted octanol–water partition coefficient (Wildman–Crippen LogP) is 1.05. The van der Waals surface area contributed by atoms with Gasteiger partial charge in [0.1, 0.15) is 6.61 Å². The number of carbonyl (C=O) groups excluding carboxylic acids is 1. The number of hydrogen-bond donors (Lipinski definition) is 1. The molecule has 0 spiro atoms. The van der Waals surface area contributed by atoms with E-state index in [2.05, 4.69) is 0 Å². The van der Waals surface area contributed by atoms with Crippen molar-refractivity contribution in [2.45, 2.75) is 18.6 Å². The van der Waals surface area contributed by atoms with Gasteiger partial charge < -0.3 is 14.6 Å². The van der Waals surface area contributed by atoms with Gasteiger partial charge in [0.05, 0.1) is 12.5 Å². The van der Waals surface area contributed by atoms with Gasteiger partial charge in [-0.1, -0.05) is 30.3 Å². The molecule has 0 radical (unpaired) electrons. The van der Waals surface area contributed by atoms with E-state index in [1.54, 1.807) is 0 Å². The molecule has 2 rings (SSSR count). The van der Waals surface area contributed by atoms with E-state index in [0.29, 0.717) is 6.61 Å². The van der Waals surface area contributed by atoms with E-state index in [1.807, 2.05) is 30.3 Å². The van der Waals surface area contributed by atoms with Gasteiger partial charge in [-0.05, 0) is 5.56 Å². The molecule has 1 aromatic carbocycles. The van der Waals surface area contributed by atoms with Crippen molar-refractivity contribution in [3.8, 4) is 0 Å². The van der Waals surface area contributed by atoms with Crippen molar-refractivity contribution < 1.29 is 19.4 Å². The highest BCUT2D eigenvalue weighted by Gasteiger charge is 2.52. The molecular formula is C12H14O4. The van der Waals surface area contributed by atoms with Crippen LogP contribution in [-0.4, -0.2) is 30.1 Å². The summed E-state index contributed by atoms with van der Waals surface area (Å²) >= 11 is 0. The highest BCUT2D eigenvalue weighted by molar-refractivity contribution is 5.66. The molecule has 16 heavy (non-hydrogen) atoms. The Bertz CT molecular complexity index is 372. The second kappa shape index (κ2) is 4.23. The zero-order valence-corrected chi connectivity index (χ0v) is 9.05. The second-order valence-corrected chi connectivity index (χ2v) is 3.84. The Balaban J connectivity index is 2.20. The predicted molar refractivity (Wildman–Crippen MR) is 56.7 cm³/mol. The lowest BCUT2D eigenvalue weighted by Gasteiger charge is -2.46. The molecule has 0 amide bonds. The summed E-state index contributed by atoms with van der Waals surface area (Å²) in [4.78, 5) is 11.0. The lowest BCUT2D eigenvalue weighted by Crippen LogP contribution is -2.57. The standard InChI is InChI=1S/C12H14O4/c1-9(14)16-12(8-13)11(7-15-12)10-5-3-2-4-6-10/h2-6,11,13H,7-8H2,1H3. The van der Waals surface area contributed by atoms with Crippen LogP contribution in [0.1, 0.15) is 18.4 Å². The van der Waals surface area contributed by atoms with E-state index in [0.717, 1.165) is 5.56 Å². The SMILES string of the molecule is CC(=O)OC1(CO)OCC1c1ccccc1. The van der Waals surface area contributed by atoms with Gasteiger partial charge in [0.15, 0.2) is 0 Å². The van der Waals surface area contributed by atoms with Gasteiger partial charge in [-0.15, -0.1) is 0 Å². The van der Waals surface area contributed by atoms with Crippen LogP contribution in [0, 0.1) is 0 Å². The minimum absolute atomic E-state index is 0.0948. The average Bonchev–Trinajstić information content (AvgIpc) is 2.25. The van der Waals surface area contributed by atoms with Gasteiger partial charge >= 0.3 is 5.97 Å². The smallest absolute Gasteiger partial charge is 0.305 e. The number of aliphatic hydroxyl groups excluding tert-OH is 1. The van der Waals surface area contributed by atoms with Crippen molar-refractivity contribution in [2.75, 3.05) is 13.2 Å². The Morgan fingerprint density at radius 1 is 1.56 bits per heavy atom. The van der Waals surface area contributed by atoms with Crippen LogP contribution in [-0.2, 0) is 14.3 Å². The zero-order valence-electron chi connectivity index (χ0n) is 9.05. The third-order valence-electron chi connectivity index (χ3n) is 2.76. The molecule has 0 aromatic heterocycles. The van der Waals surface area contributed by atoms with Gasteiger partial charge in [-0.2, -0.15) is 0 Å². The molecular weight excluding hydrogens is 208 g/mol. The monoisotopic (exact) mass is 222 g/mol. The molecule has 86 valence electrons. The summed E-state index contributed by atoms with van der Waals surface area (Å²) in [7, 11) is 0. The molecule has 1 fully saturated rings. The Morgan fingerprint density at radius 2 is 2.25 bits per heavy atom. The van der Waals surface area contributed by atoms with Crippen molar-refractivity contribution in [1.29, 1.82) is 0 Å². The van der Waals surface area contributed by atoms with Crippen LogP contribution in [0.2, 0.25) is 0 Å². The van der Waals surface area contributed by atoms with Crippen LogP contribution in [0.25, 0.3) is 0 Å². The number of carbonyl (C=O) groups is 1. The highest BCUT2D eigenvalue weighted by Crippen LogP contribution is 2.41. The lowest BCUT2D eigenvalue weighted by molar-refractivity contribution is -0.319. The Morgan fingerprint density at radius 3 is 2.69 bits per heavy atom. The van der Waals surface area contributed by atoms with Gasteiger partial charge in [0, 0.05) is 6.92 Å². The maximum absolute atomic E-state index is 11.0. The van der Waals surface area contributed by atoms with Crippen molar-refractivity contribution >= 4 is 5.97 Å². The fourth-order valence-electron chi connectivity index (χ4n) is 1.92. The van der Waals surface area contributed by atoms with E-state index in [9.17, 15) is 9.90 Å². The van der Waals surface area contributed by atoms with Gasteiger partial charge in [-0.3, -0.25) is 4.79 Å². The first-order chi connectivity index (χ1) is 7.68. The molecule has 1 N–H and O–H groups in total. The maximum atomic E-state index is 11.0. The number of benzene rings is 1. The summed E-state index contributed by atoms with van der Waals surface area (Å²) in [5, 5.41) is 9.31. The summed E-state index contributed by atoms with van der Waals surface area (Å²) in [6, 6.07) is 9.59. The summed E-state index contributed by atoms with van der Waals surface area (Å²) in [5.41, 5.74) is 1.00. The molecule has 1 aliphatic heterocycles. The van der Waals surface area contributed by atoms with E-state index in [1.165, 1.54) is 6.92 Å². The number of ether oxygens (including phenoxy) is 2. The molecule has 4 nitrogen and oxygen atoms in total. The van der Waals surface area contributed by atoms with Crippen LogP contribution < -0.4 is 0 Å². The first kappa shape index (κ1) is 11.1. The third kappa shape index (κ3) is 1.81. The zero-order chi connectivity index (χ0) is 11.6. The fraction of sp³-hybridized carbons (Fsp3) is 0.417. The fourth-order valence-corrected chi connectivity index (χ4v) is 1.92. The van der Waals surface area contributed by atoms with Crippen molar-refractivity contribution in [3.05, 3.63) is 35.9 Å². The molecule has 0 saturated carbocycles. The van der Waals surface area contributed by atoms with Gasteiger partial charge in [0.25, 0.3) is 0 Å². The molecule has 4 heteroatoms. The number of aliphatic hydroxyl groups is 1. The lowest BCUT2D eigenvalue weighted by atomic mass is 9.87. The van der Waals surface area contributed by atoms with Gasteiger partial charge in [-0.25, -0.2) is 0 Å². The molecule has 0 bridgehead atoms. The van der Waals surface area contributed by atoms with E-state index in [4.69, 9.17) is 9.47 Å². The first-order valence-corrected chi connectivity index (χ1v) is 5.17. The van der Waals surface area contributed by atoms with Crippen LogP contribution in [0.3, 0.4) is 0 Å². The topological polar surface area (TPSA) is 55.8 Å². The molecule has 1 saturated heterocycles. The van der Waals surface area contributed by atoms with E-state index >= 15 is 0 Å². The minimum Gasteiger partial charge on any atom is -0.430 e. The summed E-state index contributed by atoms with van der Waals surface area (Å²) < 4.78 is 10.3. The van der Waals surface area contributed by atoms with Crippen molar-refractivity contribution in [1.82, 2.24) is 0 Å². The Kier molecular flexibility index (Phi) is 2.94. The number of esters is 1. The molecule has 0 aliphatic carbocycles. The number of hydrogen-bond acceptors (Lipinski definition) is 4. The molecule has 2 unspecified atom stereocenters.